The number of benzene rings is 2. The molecule has 0 fully saturated rings. The lowest BCUT2D eigenvalue weighted by atomic mass is 9.99. The fourth-order valence-corrected chi connectivity index (χ4v) is 4.40. The maximum absolute atomic E-state index is 14.9. The molecule has 4 rings (SSSR count). The zero-order valence-electron chi connectivity index (χ0n) is 21.7. The molecule has 0 saturated carbocycles. The first-order valence-corrected chi connectivity index (χ1v) is 13.4. The molecule has 4 aromatic rings. The van der Waals surface area contributed by atoms with Crippen LogP contribution in [0.5, 0.6) is 0 Å². The quantitative estimate of drug-likeness (QED) is 0.217. The van der Waals surface area contributed by atoms with Crippen LogP contribution in [-0.2, 0) is 10.8 Å². The van der Waals surface area contributed by atoms with E-state index in [1.54, 1.807) is 25.1 Å². The van der Waals surface area contributed by atoms with Gasteiger partial charge >= 0.3 is 0 Å². The zero-order chi connectivity index (χ0) is 29.1. The van der Waals surface area contributed by atoms with Crippen LogP contribution in [0, 0.1) is 12.7 Å². The van der Waals surface area contributed by atoms with Crippen LogP contribution in [0.2, 0.25) is 0 Å². The van der Waals surface area contributed by atoms with E-state index in [0.29, 0.717) is 16.8 Å². The van der Waals surface area contributed by atoms with Gasteiger partial charge < -0.3 is 5.32 Å². The molecule has 40 heavy (non-hydrogen) atoms. The Morgan fingerprint density at radius 1 is 1.07 bits per heavy atom. The van der Waals surface area contributed by atoms with Gasteiger partial charge in [-0.05, 0) is 74.0 Å². The Kier molecular flexibility index (Phi) is 8.24. The highest BCUT2D eigenvalue weighted by molar-refractivity contribution is 7.84. The second kappa shape index (κ2) is 11.6. The second-order valence-corrected chi connectivity index (χ2v) is 9.85. The maximum Gasteiger partial charge on any atom is 0.256 e. The minimum absolute atomic E-state index is 0.188. The third-order valence-electron chi connectivity index (χ3n) is 5.95. The number of carbonyl (C=O) groups is 1. The first-order valence-electron chi connectivity index (χ1n) is 11.9. The summed E-state index contributed by atoms with van der Waals surface area (Å²) in [6, 6.07) is 12.6. The molecule has 0 aliphatic carbocycles. The number of anilines is 1. The predicted octanol–water partition coefficient (Wildman–Crippen LogP) is 6.09. The summed E-state index contributed by atoms with van der Waals surface area (Å²) in [4.78, 5) is 34.7. The van der Waals surface area contributed by atoms with Crippen molar-refractivity contribution < 1.29 is 22.2 Å². The average Bonchev–Trinajstić information content (AvgIpc) is 2.94. The predicted molar refractivity (Wildman–Crippen MR) is 150 cm³/mol. The third-order valence-corrected chi connectivity index (χ3v) is 6.65. The number of amides is 1. The van der Waals surface area contributed by atoms with Gasteiger partial charge in [-0.1, -0.05) is 12.6 Å². The van der Waals surface area contributed by atoms with E-state index in [0.717, 1.165) is 22.8 Å². The molecule has 0 saturated heterocycles. The summed E-state index contributed by atoms with van der Waals surface area (Å²) in [6.45, 7) is 6.43. The highest BCUT2D eigenvalue weighted by Gasteiger charge is 2.22. The molecule has 204 valence electrons. The van der Waals surface area contributed by atoms with Crippen molar-refractivity contribution in [3.8, 4) is 11.3 Å². The minimum atomic E-state index is -1.76. The smallest absolute Gasteiger partial charge is 0.256 e. The number of hydrogen-bond acceptors (Lipinski definition) is 5. The van der Waals surface area contributed by atoms with Crippen molar-refractivity contribution in [1.29, 1.82) is 0 Å². The third kappa shape index (κ3) is 5.55. The van der Waals surface area contributed by atoms with Gasteiger partial charge in [0.15, 0.2) is 5.65 Å². The van der Waals surface area contributed by atoms with Crippen molar-refractivity contribution >= 4 is 39.1 Å². The van der Waals surface area contributed by atoms with Crippen molar-refractivity contribution in [2.45, 2.75) is 19.0 Å². The van der Waals surface area contributed by atoms with Crippen LogP contribution in [0.25, 0.3) is 28.0 Å². The summed E-state index contributed by atoms with van der Waals surface area (Å²) in [6.07, 6.45) is 3.07. The molecule has 7 nitrogen and oxygen atoms in total. The molecule has 2 aromatic carbocycles. The maximum atomic E-state index is 14.9. The summed E-state index contributed by atoms with van der Waals surface area (Å²) in [5.74, 6) is -3.09. The number of halogens is 3. The molecule has 2 heterocycles. The highest BCUT2D eigenvalue weighted by Crippen LogP contribution is 2.32. The van der Waals surface area contributed by atoms with Crippen molar-refractivity contribution in [2.75, 3.05) is 11.6 Å². The molecule has 2 aromatic heterocycles. The van der Waals surface area contributed by atoms with Gasteiger partial charge in [-0.25, -0.2) is 23.1 Å². The number of hydrogen-bond donors (Lipinski definition) is 1. The Labute approximate surface area is 229 Å². The first kappa shape index (κ1) is 28.4. The number of pyridine rings is 1. The van der Waals surface area contributed by atoms with E-state index in [9.17, 15) is 27.0 Å². The lowest BCUT2D eigenvalue weighted by Gasteiger charge is -2.16. The normalized spacial score (nSPS) is 13.1. The zero-order valence-corrected chi connectivity index (χ0v) is 22.5. The molecule has 0 aliphatic heterocycles. The van der Waals surface area contributed by atoms with E-state index in [1.807, 2.05) is 0 Å². The van der Waals surface area contributed by atoms with Crippen molar-refractivity contribution in [1.82, 2.24) is 14.5 Å². The van der Waals surface area contributed by atoms with Gasteiger partial charge in [-0.15, -0.1) is 0 Å². The van der Waals surface area contributed by atoms with E-state index in [-0.39, 0.29) is 27.4 Å². The first-order chi connectivity index (χ1) is 19.0. The molecule has 0 bridgehead atoms. The molecule has 0 aliphatic rings. The average molecular weight is 565 g/mol. The Morgan fingerprint density at radius 3 is 2.40 bits per heavy atom. The SMILES string of the molecule is C=C/C(F)=C(\C(F)=C/C)n1c(=O)ccc2c(-c3cc(C(=O)Nc4ccc(F)cc4)ccc3C)nc(S(C)=O)nc21. The number of fused-ring (bicyclic) bond motifs is 1. The Hall–Kier alpha value is -4.64. The van der Waals surface area contributed by atoms with E-state index in [1.165, 1.54) is 43.5 Å². The number of nitrogens with zero attached hydrogens (tertiary/aromatic N) is 3. The van der Waals surface area contributed by atoms with Gasteiger partial charge in [-0.2, -0.15) is 0 Å². The Morgan fingerprint density at radius 2 is 1.77 bits per heavy atom. The molecule has 1 N–H and O–H groups in total. The lowest BCUT2D eigenvalue weighted by Crippen LogP contribution is -2.21. The molecule has 1 amide bonds. The van der Waals surface area contributed by atoms with Crippen LogP contribution in [0.15, 0.2) is 94.9 Å². The van der Waals surface area contributed by atoms with Crippen molar-refractivity contribution in [3.63, 3.8) is 0 Å². The van der Waals surface area contributed by atoms with Gasteiger partial charge in [0.1, 0.15) is 23.2 Å². The number of aromatic nitrogens is 3. The Bertz CT molecular complexity index is 1810. The van der Waals surface area contributed by atoms with Gasteiger partial charge in [0.25, 0.3) is 11.5 Å². The minimum Gasteiger partial charge on any atom is -0.322 e. The van der Waals surface area contributed by atoms with E-state index in [4.69, 9.17) is 0 Å². The fraction of sp³-hybridized carbons (Fsp3) is 0.103. The molecule has 1 unspecified atom stereocenters. The lowest BCUT2D eigenvalue weighted by molar-refractivity contribution is 0.102. The summed E-state index contributed by atoms with van der Waals surface area (Å²) in [5.41, 5.74) is 0.192. The fourth-order valence-electron chi connectivity index (χ4n) is 3.96. The summed E-state index contributed by atoms with van der Waals surface area (Å²) in [5, 5.41) is 2.70. The summed E-state index contributed by atoms with van der Waals surface area (Å²) >= 11 is 0. The monoisotopic (exact) mass is 564 g/mol. The van der Waals surface area contributed by atoms with E-state index < -0.39 is 45.4 Å². The van der Waals surface area contributed by atoms with Crippen LogP contribution in [-0.4, -0.2) is 30.9 Å². The molecule has 11 heteroatoms. The van der Waals surface area contributed by atoms with Crippen LogP contribution < -0.4 is 10.9 Å². The molecule has 0 radical (unpaired) electrons. The van der Waals surface area contributed by atoms with Crippen molar-refractivity contribution in [2.24, 2.45) is 0 Å². The van der Waals surface area contributed by atoms with Crippen LogP contribution in [0.4, 0.5) is 18.9 Å². The number of rotatable bonds is 7. The topological polar surface area (TPSA) is 94.0 Å². The van der Waals surface area contributed by atoms with Crippen LogP contribution >= 0.6 is 0 Å². The number of nitrogens with one attached hydrogen (secondary N) is 1. The molecule has 0 spiro atoms. The summed E-state index contributed by atoms with van der Waals surface area (Å²) in [7, 11) is -1.76. The number of allylic oxidation sites excluding steroid dienone is 5. The standard InChI is InChI=1S/C29H23F3N4O3S/c1-5-22(31)26(23(32)6-2)36-24(37)14-13-20-25(34-29(40(4)39)35-27(20)36)21-15-17(8-7-16(21)3)28(38)33-19-11-9-18(30)10-12-19/h5-15H,1H2,2-4H3,(H,33,38)/b23-6+,26-22-. The number of carbonyl (C=O) groups excluding carboxylic acids is 1. The van der Waals surface area contributed by atoms with Gasteiger partial charge in [0, 0.05) is 34.5 Å². The van der Waals surface area contributed by atoms with Crippen LogP contribution in [0.3, 0.4) is 0 Å². The largest absolute Gasteiger partial charge is 0.322 e. The molecule has 1 atom stereocenters. The van der Waals surface area contributed by atoms with E-state index in [2.05, 4.69) is 21.9 Å². The molecular weight excluding hydrogens is 541 g/mol. The summed E-state index contributed by atoms with van der Waals surface area (Å²) < 4.78 is 56.3. The second-order valence-electron chi connectivity index (χ2n) is 8.58. The van der Waals surface area contributed by atoms with Gasteiger partial charge in [-0.3, -0.25) is 18.4 Å². The molecular formula is C29H23F3N4O3S. The number of aryl methyl sites for hydroxylation is 1. The van der Waals surface area contributed by atoms with Crippen molar-refractivity contribution in [3.05, 3.63) is 112 Å². The Balaban J connectivity index is 1.99. The van der Waals surface area contributed by atoms with Crippen LogP contribution in [0.1, 0.15) is 22.8 Å². The highest BCUT2D eigenvalue weighted by atomic mass is 32.2. The van der Waals surface area contributed by atoms with E-state index >= 15 is 0 Å². The van der Waals surface area contributed by atoms with Gasteiger partial charge in [0.05, 0.1) is 16.5 Å². The van der Waals surface area contributed by atoms with Gasteiger partial charge in [0.2, 0.25) is 5.16 Å².